The lowest BCUT2D eigenvalue weighted by molar-refractivity contribution is 0.102. The molecule has 0 spiro atoms. The molecule has 0 aliphatic carbocycles. The van der Waals surface area contributed by atoms with Crippen LogP contribution in [0.3, 0.4) is 0 Å². The van der Waals surface area contributed by atoms with Gasteiger partial charge < -0.3 is 5.32 Å². The van der Waals surface area contributed by atoms with E-state index in [0.717, 1.165) is 52.8 Å². The van der Waals surface area contributed by atoms with E-state index in [9.17, 15) is 4.79 Å². The molecule has 2 aromatic heterocycles. The Hall–Kier alpha value is -3.36. The molecule has 0 radical (unpaired) electrons. The molecule has 1 amide bonds. The normalized spacial score (nSPS) is 14.8. The fraction of sp³-hybridized carbons (Fsp3) is 0.333. The molecule has 180 valence electrons. The van der Waals surface area contributed by atoms with Gasteiger partial charge in [0, 0.05) is 29.2 Å². The van der Waals surface area contributed by atoms with Crippen LogP contribution in [0.1, 0.15) is 47.1 Å². The van der Waals surface area contributed by atoms with Gasteiger partial charge in [-0.15, -0.1) is 0 Å². The predicted molar refractivity (Wildman–Crippen MR) is 142 cm³/mol. The lowest BCUT2D eigenvalue weighted by atomic mass is 9.99. The third-order valence-electron chi connectivity index (χ3n) is 6.34. The maximum Gasteiger partial charge on any atom is 0.257 e. The second-order valence-corrected chi connectivity index (χ2v) is 10.4. The number of aryl methyl sites for hydroxylation is 2. The summed E-state index contributed by atoms with van der Waals surface area (Å²) < 4.78 is 1.09. The fourth-order valence-corrected chi connectivity index (χ4v) is 5.31. The van der Waals surface area contributed by atoms with Gasteiger partial charge in [-0.1, -0.05) is 24.3 Å². The number of thiazole rings is 1. The van der Waals surface area contributed by atoms with Crippen LogP contribution in [0.4, 0.5) is 16.8 Å². The average molecular weight is 487 g/mol. The van der Waals surface area contributed by atoms with Gasteiger partial charge in [0.05, 0.1) is 10.2 Å². The van der Waals surface area contributed by atoms with Crippen molar-refractivity contribution in [2.45, 2.75) is 40.2 Å². The second-order valence-electron chi connectivity index (χ2n) is 9.41. The third-order valence-corrected chi connectivity index (χ3v) is 7.27. The Balaban J connectivity index is 1.22. The smallest absolute Gasteiger partial charge is 0.257 e. The van der Waals surface area contributed by atoms with Crippen molar-refractivity contribution in [3.63, 3.8) is 0 Å². The summed E-state index contributed by atoms with van der Waals surface area (Å²) in [5.74, 6) is 1.20. The van der Waals surface area contributed by atoms with Gasteiger partial charge in [0.15, 0.2) is 5.13 Å². The number of piperidine rings is 1. The van der Waals surface area contributed by atoms with Gasteiger partial charge in [-0.25, -0.2) is 15.0 Å². The zero-order valence-electron chi connectivity index (χ0n) is 20.3. The molecule has 0 atom stereocenters. The number of amides is 1. The van der Waals surface area contributed by atoms with Crippen LogP contribution in [-0.4, -0.2) is 38.8 Å². The highest BCUT2D eigenvalue weighted by Gasteiger charge is 2.16. The number of aromatic nitrogens is 3. The quantitative estimate of drug-likeness (QED) is 0.351. The van der Waals surface area contributed by atoms with E-state index in [1.807, 2.05) is 32.0 Å². The zero-order valence-corrected chi connectivity index (χ0v) is 21.2. The zero-order chi connectivity index (χ0) is 24.4. The average Bonchev–Trinajstić information content (AvgIpc) is 3.22. The predicted octanol–water partition coefficient (Wildman–Crippen LogP) is 5.93. The first-order chi connectivity index (χ1) is 16.9. The Bertz CT molecular complexity index is 1320. The Kier molecular flexibility index (Phi) is 6.74. The van der Waals surface area contributed by atoms with E-state index in [1.54, 1.807) is 12.1 Å². The molecule has 1 aliphatic heterocycles. The first-order valence-electron chi connectivity index (χ1n) is 12.0. The molecular weight excluding hydrogens is 456 g/mol. The van der Waals surface area contributed by atoms with Gasteiger partial charge in [-0.05, 0) is 93.7 Å². The fourth-order valence-electron chi connectivity index (χ4n) is 4.38. The van der Waals surface area contributed by atoms with Crippen LogP contribution >= 0.6 is 11.3 Å². The van der Waals surface area contributed by atoms with Crippen LogP contribution in [0.15, 0.2) is 48.5 Å². The summed E-state index contributed by atoms with van der Waals surface area (Å²) in [5.41, 5.74) is 5.40. The molecule has 3 heterocycles. The highest BCUT2D eigenvalue weighted by Crippen LogP contribution is 2.28. The lowest BCUT2D eigenvalue weighted by Gasteiger charge is -2.30. The first kappa shape index (κ1) is 23.4. The number of carbonyl (C=O) groups excluding carboxylic acids is 1. The van der Waals surface area contributed by atoms with Crippen molar-refractivity contribution in [1.82, 2.24) is 19.9 Å². The van der Waals surface area contributed by atoms with Gasteiger partial charge in [-0.2, -0.15) is 0 Å². The van der Waals surface area contributed by atoms with E-state index < -0.39 is 0 Å². The lowest BCUT2D eigenvalue weighted by Crippen LogP contribution is -2.32. The summed E-state index contributed by atoms with van der Waals surface area (Å²) in [4.78, 5) is 28.7. The van der Waals surface area contributed by atoms with Crippen molar-refractivity contribution in [2.75, 3.05) is 23.7 Å². The number of rotatable bonds is 6. The molecule has 1 aliphatic rings. The molecule has 1 saturated heterocycles. The number of nitrogens with zero attached hydrogens (tertiary/aromatic N) is 4. The number of anilines is 3. The van der Waals surface area contributed by atoms with E-state index in [0.29, 0.717) is 16.6 Å². The van der Waals surface area contributed by atoms with Gasteiger partial charge in [-0.3, -0.25) is 15.0 Å². The van der Waals surface area contributed by atoms with Gasteiger partial charge >= 0.3 is 0 Å². The van der Waals surface area contributed by atoms with Crippen LogP contribution in [-0.2, 0) is 6.54 Å². The number of carbonyl (C=O) groups is 1. The van der Waals surface area contributed by atoms with E-state index in [4.69, 9.17) is 0 Å². The maximum absolute atomic E-state index is 12.8. The van der Waals surface area contributed by atoms with E-state index in [-0.39, 0.29) is 5.91 Å². The molecule has 1 fully saturated rings. The van der Waals surface area contributed by atoms with Crippen LogP contribution in [0.2, 0.25) is 0 Å². The first-order valence-corrected chi connectivity index (χ1v) is 12.9. The Morgan fingerprint density at radius 3 is 2.43 bits per heavy atom. The molecule has 8 heteroatoms. The summed E-state index contributed by atoms with van der Waals surface area (Å²) in [6, 6.07) is 15.6. The maximum atomic E-state index is 12.8. The van der Waals surface area contributed by atoms with Crippen molar-refractivity contribution in [1.29, 1.82) is 0 Å². The summed E-state index contributed by atoms with van der Waals surface area (Å²) in [6.45, 7) is 9.50. The molecule has 35 heavy (non-hydrogen) atoms. The minimum atomic E-state index is -0.180. The van der Waals surface area contributed by atoms with Crippen molar-refractivity contribution < 1.29 is 4.79 Å². The number of nitrogens with one attached hydrogen (secondary N) is 2. The van der Waals surface area contributed by atoms with E-state index in [2.05, 4.69) is 55.6 Å². The molecule has 0 bridgehead atoms. The molecule has 2 aromatic carbocycles. The minimum Gasteiger partial charge on any atom is -0.324 e. The summed E-state index contributed by atoms with van der Waals surface area (Å²) in [5, 5.41) is 6.75. The molecule has 5 rings (SSSR count). The van der Waals surface area contributed by atoms with Crippen molar-refractivity contribution >= 4 is 44.2 Å². The molecule has 0 unspecified atom stereocenters. The van der Waals surface area contributed by atoms with Crippen molar-refractivity contribution in [3.8, 4) is 0 Å². The van der Waals surface area contributed by atoms with Crippen LogP contribution < -0.4 is 10.6 Å². The van der Waals surface area contributed by atoms with Crippen molar-refractivity contribution in [2.24, 2.45) is 5.92 Å². The monoisotopic (exact) mass is 486 g/mol. The summed E-state index contributed by atoms with van der Waals surface area (Å²) in [6.07, 6.45) is 2.55. The highest BCUT2D eigenvalue weighted by molar-refractivity contribution is 7.22. The summed E-state index contributed by atoms with van der Waals surface area (Å²) >= 11 is 1.51. The van der Waals surface area contributed by atoms with Crippen molar-refractivity contribution in [3.05, 3.63) is 71.0 Å². The van der Waals surface area contributed by atoms with E-state index >= 15 is 0 Å². The van der Waals surface area contributed by atoms with E-state index in [1.165, 1.54) is 29.7 Å². The minimum absolute atomic E-state index is 0.180. The standard InChI is InChI=1S/C27H30N6OS/c1-17-10-12-33(13-11-17)16-20-4-9-23-24(15-20)35-27(31-23)32-25(34)21-5-7-22(8-6-21)30-26-28-18(2)14-19(3)29-26/h4-9,14-15,17H,10-13,16H2,1-3H3,(H,28,29,30)(H,31,32,34). The molecule has 0 saturated carbocycles. The Labute approximate surface area is 209 Å². The Morgan fingerprint density at radius 2 is 1.71 bits per heavy atom. The molecule has 2 N–H and O–H groups in total. The topological polar surface area (TPSA) is 83.0 Å². The molecule has 4 aromatic rings. The second kappa shape index (κ2) is 10.1. The summed E-state index contributed by atoms with van der Waals surface area (Å²) in [7, 11) is 0. The number of hydrogen-bond acceptors (Lipinski definition) is 7. The SMILES string of the molecule is Cc1cc(C)nc(Nc2ccc(C(=O)Nc3nc4ccc(CN5CCC(C)CC5)cc4s3)cc2)n1. The largest absolute Gasteiger partial charge is 0.324 e. The number of fused-ring (bicyclic) bond motifs is 1. The number of benzene rings is 2. The van der Waals surface area contributed by atoms with Crippen LogP contribution in [0.5, 0.6) is 0 Å². The van der Waals surface area contributed by atoms with Gasteiger partial charge in [0.2, 0.25) is 5.95 Å². The van der Waals surface area contributed by atoms with Gasteiger partial charge in [0.25, 0.3) is 5.91 Å². The van der Waals surface area contributed by atoms with Crippen LogP contribution in [0, 0.1) is 19.8 Å². The Morgan fingerprint density at radius 1 is 1.00 bits per heavy atom. The highest BCUT2D eigenvalue weighted by atomic mass is 32.1. The number of likely N-dealkylation sites (tertiary alicyclic amines) is 1. The molecular formula is C27H30N6OS. The number of hydrogen-bond donors (Lipinski definition) is 2. The third kappa shape index (κ3) is 5.83. The van der Waals surface area contributed by atoms with Crippen LogP contribution in [0.25, 0.3) is 10.2 Å². The van der Waals surface area contributed by atoms with Gasteiger partial charge in [0.1, 0.15) is 0 Å². The molecule has 7 nitrogen and oxygen atoms in total.